The van der Waals surface area contributed by atoms with Crippen LogP contribution in [-0.4, -0.2) is 23.5 Å². The molecule has 0 saturated carbocycles. The maximum absolute atomic E-state index is 12.2. The zero-order valence-corrected chi connectivity index (χ0v) is 16.4. The van der Waals surface area contributed by atoms with Crippen LogP contribution in [0.2, 0.25) is 0 Å². The Hall–Kier alpha value is -3.67. The maximum atomic E-state index is 12.2. The number of ether oxygens (including phenoxy) is 1. The average Bonchev–Trinajstić information content (AvgIpc) is 2.72. The fraction of sp³-hybridized carbons (Fsp3) is 0.174. The van der Waals surface area contributed by atoms with E-state index in [-0.39, 0.29) is 5.91 Å². The number of anilines is 3. The van der Waals surface area contributed by atoms with E-state index in [1.165, 1.54) is 0 Å². The molecule has 0 aliphatic heterocycles. The molecule has 0 spiro atoms. The molecule has 0 atom stereocenters. The average molecular weight is 389 g/mol. The standard InChI is InChI=1S/C23H23N3O3/c1-3-29-23(28)19-6-4-5-7-20(19)26-21-13-12-18(15-24-21)25-22(27)14-17-10-8-16(2)9-11-17/h4-13,15H,3,14H2,1-2H3,(H,24,26)(H,25,27). The molecule has 2 N–H and O–H groups in total. The molecule has 0 radical (unpaired) electrons. The van der Waals surface area contributed by atoms with Crippen molar-refractivity contribution in [3.63, 3.8) is 0 Å². The summed E-state index contributed by atoms with van der Waals surface area (Å²) in [6.45, 7) is 4.08. The number of pyridine rings is 1. The van der Waals surface area contributed by atoms with E-state index in [0.717, 1.165) is 11.1 Å². The number of amides is 1. The Morgan fingerprint density at radius 2 is 1.76 bits per heavy atom. The van der Waals surface area contributed by atoms with Gasteiger partial charge in [0.05, 0.1) is 36.2 Å². The molecule has 3 aromatic rings. The summed E-state index contributed by atoms with van der Waals surface area (Å²) in [5.41, 5.74) is 3.76. The van der Waals surface area contributed by atoms with Crippen LogP contribution in [0.25, 0.3) is 0 Å². The van der Waals surface area contributed by atoms with E-state index in [2.05, 4.69) is 15.6 Å². The van der Waals surface area contributed by atoms with Crippen LogP contribution in [0.4, 0.5) is 17.2 Å². The summed E-state index contributed by atoms with van der Waals surface area (Å²) in [5, 5.41) is 5.95. The molecule has 148 valence electrons. The number of nitrogens with zero attached hydrogens (tertiary/aromatic N) is 1. The second-order valence-corrected chi connectivity index (χ2v) is 6.53. The minimum atomic E-state index is -0.393. The summed E-state index contributed by atoms with van der Waals surface area (Å²) in [5.74, 6) is 0.0536. The Morgan fingerprint density at radius 3 is 2.45 bits per heavy atom. The largest absolute Gasteiger partial charge is 0.462 e. The van der Waals surface area contributed by atoms with Gasteiger partial charge in [0, 0.05) is 0 Å². The summed E-state index contributed by atoms with van der Waals surface area (Å²) in [6, 6.07) is 18.4. The van der Waals surface area contributed by atoms with Crippen LogP contribution in [-0.2, 0) is 16.0 Å². The molecule has 6 nitrogen and oxygen atoms in total. The lowest BCUT2D eigenvalue weighted by Gasteiger charge is -2.11. The van der Waals surface area contributed by atoms with Gasteiger partial charge in [-0.2, -0.15) is 0 Å². The van der Waals surface area contributed by atoms with E-state index in [1.54, 1.807) is 43.5 Å². The molecular formula is C23H23N3O3. The quantitative estimate of drug-likeness (QED) is 0.582. The van der Waals surface area contributed by atoms with Crippen molar-refractivity contribution < 1.29 is 14.3 Å². The summed E-state index contributed by atoms with van der Waals surface area (Å²) >= 11 is 0. The van der Waals surface area contributed by atoms with E-state index in [9.17, 15) is 9.59 Å². The van der Waals surface area contributed by atoms with Crippen LogP contribution >= 0.6 is 0 Å². The van der Waals surface area contributed by atoms with Gasteiger partial charge in [-0.25, -0.2) is 9.78 Å². The van der Waals surface area contributed by atoms with Gasteiger partial charge < -0.3 is 15.4 Å². The number of aryl methyl sites for hydroxylation is 1. The highest BCUT2D eigenvalue weighted by molar-refractivity contribution is 5.96. The highest BCUT2D eigenvalue weighted by Crippen LogP contribution is 2.21. The van der Waals surface area contributed by atoms with Gasteiger partial charge in [-0.1, -0.05) is 42.0 Å². The van der Waals surface area contributed by atoms with Gasteiger partial charge in [0.2, 0.25) is 5.91 Å². The van der Waals surface area contributed by atoms with Gasteiger partial charge in [0.15, 0.2) is 0 Å². The van der Waals surface area contributed by atoms with Crippen LogP contribution < -0.4 is 10.6 Å². The predicted octanol–water partition coefficient (Wildman–Crippen LogP) is 4.49. The predicted molar refractivity (Wildman–Crippen MR) is 113 cm³/mol. The lowest BCUT2D eigenvalue weighted by molar-refractivity contribution is -0.115. The number of rotatable bonds is 7. The first-order valence-corrected chi connectivity index (χ1v) is 9.40. The Morgan fingerprint density at radius 1 is 1.00 bits per heavy atom. The molecule has 2 aromatic carbocycles. The van der Waals surface area contributed by atoms with Gasteiger partial charge in [-0.3, -0.25) is 4.79 Å². The number of aromatic nitrogens is 1. The molecule has 0 saturated heterocycles. The van der Waals surface area contributed by atoms with Crippen molar-refractivity contribution in [2.24, 2.45) is 0 Å². The summed E-state index contributed by atoms with van der Waals surface area (Å²) in [7, 11) is 0. The third kappa shape index (κ3) is 5.65. The van der Waals surface area contributed by atoms with E-state index in [1.807, 2.05) is 37.3 Å². The molecule has 0 fully saturated rings. The highest BCUT2D eigenvalue weighted by Gasteiger charge is 2.12. The topological polar surface area (TPSA) is 80.3 Å². The third-order valence-corrected chi connectivity index (χ3v) is 4.22. The van der Waals surface area contributed by atoms with Crippen LogP contribution in [0.3, 0.4) is 0 Å². The monoisotopic (exact) mass is 389 g/mol. The van der Waals surface area contributed by atoms with Gasteiger partial charge in [-0.15, -0.1) is 0 Å². The SMILES string of the molecule is CCOC(=O)c1ccccc1Nc1ccc(NC(=O)Cc2ccc(C)cc2)cn1. The van der Waals surface area contributed by atoms with Gasteiger partial charge >= 0.3 is 5.97 Å². The number of carbonyl (C=O) groups excluding carboxylic acids is 2. The fourth-order valence-electron chi connectivity index (χ4n) is 2.76. The van der Waals surface area contributed by atoms with Crippen molar-refractivity contribution in [1.82, 2.24) is 4.98 Å². The molecule has 3 rings (SSSR count). The molecule has 0 unspecified atom stereocenters. The Kier molecular flexibility index (Phi) is 6.58. The lowest BCUT2D eigenvalue weighted by atomic mass is 10.1. The van der Waals surface area contributed by atoms with Gasteiger partial charge in [-0.05, 0) is 43.7 Å². The minimum Gasteiger partial charge on any atom is -0.462 e. The van der Waals surface area contributed by atoms with Gasteiger partial charge in [0.25, 0.3) is 0 Å². The van der Waals surface area contributed by atoms with Crippen molar-refractivity contribution >= 4 is 29.1 Å². The molecule has 6 heteroatoms. The number of benzene rings is 2. The van der Waals surface area contributed by atoms with E-state index in [4.69, 9.17) is 4.74 Å². The van der Waals surface area contributed by atoms with Gasteiger partial charge in [0.1, 0.15) is 5.82 Å². The first kappa shape index (κ1) is 20.1. The van der Waals surface area contributed by atoms with Crippen molar-refractivity contribution in [1.29, 1.82) is 0 Å². The van der Waals surface area contributed by atoms with Crippen LogP contribution in [0.1, 0.15) is 28.4 Å². The minimum absolute atomic E-state index is 0.107. The molecular weight excluding hydrogens is 366 g/mol. The van der Waals surface area contributed by atoms with E-state index < -0.39 is 5.97 Å². The number of carbonyl (C=O) groups is 2. The number of para-hydroxylation sites is 1. The molecule has 29 heavy (non-hydrogen) atoms. The second-order valence-electron chi connectivity index (χ2n) is 6.53. The fourth-order valence-corrected chi connectivity index (χ4v) is 2.76. The molecule has 0 aliphatic carbocycles. The number of esters is 1. The maximum Gasteiger partial charge on any atom is 0.340 e. The lowest BCUT2D eigenvalue weighted by Crippen LogP contribution is -2.14. The third-order valence-electron chi connectivity index (χ3n) is 4.22. The van der Waals surface area contributed by atoms with E-state index in [0.29, 0.717) is 35.8 Å². The highest BCUT2D eigenvalue weighted by atomic mass is 16.5. The summed E-state index contributed by atoms with van der Waals surface area (Å²) < 4.78 is 5.08. The first-order chi connectivity index (χ1) is 14.0. The number of nitrogens with one attached hydrogen (secondary N) is 2. The smallest absolute Gasteiger partial charge is 0.340 e. The molecule has 0 aliphatic rings. The van der Waals surface area contributed by atoms with Crippen LogP contribution in [0.15, 0.2) is 66.9 Å². The van der Waals surface area contributed by atoms with Crippen molar-refractivity contribution in [3.05, 3.63) is 83.6 Å². The number of hydrogen-bond acceptors (Lipinski definition) is 5. The molecule has 0 bridgehead atoms. The van der Waals surface area contributed by atoms with E-state index >= 15 is 0 Å². The van der Waals surface area contributed by atoms with Crippen LogP contribution in [0.5, 0.6) is 0 Å². The Bertz CT molecular complexity index is 983. The first-order valence-electron chi connectivity index (χ1n) is 9.40. The van der Waals surface area contributed by atoms with Crippen molar-refractivity contribution in [2.75, 3.05) is 17.2 Å². The summed E-state index contributed by atoms with van der Waals surface area (Å²) in [4.78, 5) is 28.6. The van der Waals surface area contributed by atoms with Crippen LogP contribution in [0, 0.1) is 6.92 Å². The van der Waals surface area contributed by atoms with Crippen molar-refractivity contribution in [2.45, 2.75) is 20.3 Å². The zero-order valence-electron chi connectivity index (χ0n) is 16.4. The molecule has 1 aromatic heterocycles. The Balaban J connectivity index is 1.63. The molecule has 1 amide bonds. The molecule has 1 heterocycles. The Labute approximate surface area is 169 Å². The zero-order chi connectivity index (χ0) is 20.6. The normalized spacial score (nSPS) is 10.3. The second kappa shape index (κ2) is 9.50. The number of hydrogen-bond donors (Lipinski definition) is 2. The van der Waals surface area contributed by atoms with Crippen molar-refractivity contribution in [3.8, 4) is 0 Å². The summed E-state index contributed by atoms with van der Waals surface area (Å²) in [6.07, 6.45) is 1.87.